The molecule has 0 saturated heterocycles. The predicted molar refractivity (Wildman–Crippen MR) is 58.1 cm³/mol. The van der Waals surface area contributed by atoms with Crippen LogP contribution in [0.5, 0.6) is 0 Å². The van der Waals surface area contributed by atoms with E-state index in [0.29, 0.717) is 12.8 Å². The highest BCUT2D eigenvalue weighted by Crippen LogP contribution is 2.18. The zero-order valence-electron chi connectivity index (χ0n) is 9.56. The molecule has 16 heavy (non-hydrogen) atoms. The molecule has 2 atom stereocenters. The number of hydrogen-bond acceptors (Lipinski definition) is 3. The Kier molecular flexibility index (Phi) is 7.54. The van der Waals surface area contributed by atoms with Gasteiger partial charge in [0.05, 0.1) is 12.5 Å². The fourth-order valence-corrected chi connectivity index (χ4v) is 1.60. The van der Waals surface area contributed by atoms with Crippen molar-refractivity contribution in [3.63, 3.8) is 0 Å². The van der Waals surface area contributed by atoms with Crippen LogP contribution in [-0.4, -0.2) is 33.4 Å². The van der Waals surface area contributed by atoms with Gasteiger partial charge >= 0.3 is 11.9 Å². The van der Waals surface area contributed by atoms with Gasteiger partial charge in [0.2, 0.25) is 0 Å². The van der Waals surface area contributed by atoms with Crippen LogP contribution in [0.3, 0.4) is 0 Å². The molecule has 0 radical (unpaired) electrons. The van der Waals surface area contributed by atoms with Crippen molar-refractivity contribution in [1.82, 2.24) is 0 Å². The molecule has 0 spiro atoms. The Hall–Kier alpha value is -1.10. The Labute approximate surface area is 95.1 Å². The van der Waals surface area contributed by atoms with E-state index in [1.165, 1.54) is 0 Å². The lowest BCUT2D eigenvalue weighted by molar-refractivity contribution is -0.139. The lowest BCUT2D eigenvalue weighted by Gasteiger charge is -2.17. The second-order valence-electron chi connectivity index (χ2n) is 4.09. The highest BCUT2D eigenvalue weighted by atomic mass is 16.4. The molecule has 0 aromatic carbocycles. The molecule has 0 aromatic heterocycles. The van der Waals surface area contributed by atoms with Gasteiger partial charge in [-0.3, -0.25) is 9.59 Å². The van der Waals surface area contributed by atoms with Gasteiger partial charge < -0.3 is 15.3 Å². The third-order valence-electron chi connectivity index (χ3n) is 2.58. The molecule has 0 aliphatic rings. The van der Waals surface area contributed by atoms with Crippen molar-refractivity contribution in [2.45, 2.75) is 51.6 Å². The van der Waals surface area contributed by atoms with E-state index in [1.54, 1.807) is 6.92 Å². The minimum atomic E-state index is -0.906. The normalized spacial score (nSPS) is 14.4. The number of aliphatic hydroxyl groups excluding tert-OH is 1. The highest BCUT2D eigenvalue weighted by Gasteiger charge is 2.17. The van der Waals surface area contributed by atoms with E-state index < -0.39 is 18.0 Å². The number of carboxylic acids is 2. The number of carboxylic acid groups (broad SMARTS) is 2. The molecule has 0 aliphatic heterocycles. The summed E-state index contributed by atoms with van der Waals surface area (Å²) in [5, 5.41) is 26.4. The maximum atomic E-state index is 10.5. The fraction of sp³-hybridized carbons (Fsp3) is 0.818. The Morgan fingerprint density at radius 2 is 1.69 bits per heavy atom. The number of hydrogen-bond donors (Lipinski definition) is 3. The van der Waals surface area contributed by atoms with Gasteiger partial charge in [0.25, 0.3) is 0 Å². The van der Waals surface area contributed by atoms with Crippen LogP contribution in [0.15, 0.2) is 0 Å². The largest absolute Gasteiger partial charge is 0.481 e. The van der Waals surface area contributed by atoms with Gasteiger partial charge in [0.15, 0.2) is 0 Å². The van der Waals surface area contributed by atoms with Crippen molar-refractivity contribution in [1.29, 1.82) is 0 Å². The van der Waals surface area contributed by atoms with E-state index in [1.807, 2.05) is 0 Å². The molecule has 0 heterocycles. The number of aliphatic hydroxyl groups is 1. The summed E-state index contributed by atoms with van der Waals surface area (Å²) in [7, 11) is 0. The topological polar surface area (TPSA) is 94.8 Å². The van der Waals surface area contributed by atoms with Crippen molar-refractivity contribution in [3.8, 4) is 0 Å². The van der Waals surface area contributed by atoms with Crippen molar-refractivity contribution >= 4 is 11.9 Å². The summed E-state index contributed by atoms with van der Waals surface area (Å²) in [5.74, 6) is -1.95. The Morgan fingerprint density at radius 1 is 1.06 bits per heavy atom. The van der Waals surface area contributed by atoms with Crippen molar-refractivity contribution in [2.75, 3.05) is 0 Å². The van der Waals surface area contributed by atoms with E-state index in [4.69, 9.17) is 10.2 Å². The van der Waals surface area contributed by atoms with E-state index in [2.05, 4.69) is 0 Å². The van der Waals surface area contributed by atoms with Crippen LogP contribution in [0.2, 0.25) is 0 Å². The molecule has 0 amide bonds. The summed E-state index contributed by atoms with van der Waals surface area (Å²) < 4.78 is 0. The van der Waals surface area contributed by atoms with E-state index in [-0.39, 0.29) is 18.8 Å². The Bertz CT molecular complexity index is 224. The molecule has 0 bridgehead atoms. The van der Waals surface area contributed by atoms with Crippen LogP contribution < -0.4 is 0 Å². The molecule has 0 aromatic rings. The van der Waals surface area contributed by atoms with Crippen LogP contribution in [0.25, 0.3) is 0 Å². The molecule has 2 unspecified atom stereocenters. The summed E-state index contributed by atoms with van der Waals surface area (Å²) in [6.45, 7) is 1.59. The third kappa shape index (κ3) is 8.23. The summed E-state index contributed by atoms with van der Waals surface area (Å²) in [5.41, 5.74) is 0. The molecule has 0 aliphatic carbocycles. The molecule has 0 fully saturated rings. The fourth-order valence-electron chi connectivity index (χ4n) is 1.60. The zero-order valence-corrected chi connectivity index (χ0v) is 9.56. The van der Waals surface area contributed by atoms with Gasteiger partial charge in [0.1, 0.15) is 0 Å². The molecule has 0 rings (SSSR count). The van der Waals surface area contributed by atoms with Gasteiger partial charge in [-0.25, -0.2) is 0 Å². The number of aliphatic carboxylic acids is 2. The van der Waals surface area contributed by atoms with Crippen molar-refractivity contribution in [3.05, 3.63) is 0 Å². The first-order valence-corrected chi connectivity index (χ1v) is 5.55. The molecule has 0 saturated carbocycles. The lowest BCUT2D eigenvalue weighted by Crippen LogP contribution is -2.20. The second-order valence-corrected chi connectivity index (χ2v) is 4.09. The monoisotopic (exact) mass is 232 g/mol. The first-order chi connectivity index (χ1) is 7.43. The highest BCUT2D eigenvalue weighted by molar-refractivity contribution is 5.67. The van der Waals surface area contributed by atoms with E-state index in [0.717, 1.165) is 12.8 Å². The smallest absolute Gasteiger partial charge is 0.303 e. The average molecular weight is 232 g/mol. The van der Waals surface area contributed by atoms with Crippen LogP contribution in [-0.2, 0) is 9.59 Å². The van der Waals surface area contributed by atoms with Gasteiger partial charge in [0, 0.05) is 6.42 Å². The van der Waals surface area contributed by atoms with Crippen LogP contribution in [0.1, 0.15) is 45.4 Å². The van der Waals surface area contributed by atoms with Gasteiger partial charge in [-0.1, -0.05) is 12.8 Å². The van der Waals surface area contributed by atoms with Crippen LogP contribution in [0.4, 0.5) is 0 Å². The van der Waals surface area contributed by atoms with E-state index >= 15 is 0 Å². The molecule has 94 valence electrons. The quantitative estimate of drug-likeness (QED) is 0.523. The molecule has 3 N–H and O–H groups in total. The van der Waals surface area contributed by atoms with Gasteiger partial charge in [-0.2, -0.15) is 0 Å². The third-order valence-corrected chi connectivity index (χ3v) is 2.58. The first kappa shape index (κ1) is 14.9. The van der Waals surface area contributed by atoms with Gasteiger partial charge in [-0.05, 0) is 25.7 Å². The Morgan fingerprint density at radius 3 is 2.12 bits per heavy atom. The molecule has 5 nitrogen and oxygen atoms in total. The molecule has 5 heteroatoms. The zero-order chi connectivity index (χ0) is 12.6. The van der Waals surface area contributed by atoms with Crippen molar-refractivity contribution < 1.29 is 24.9 Å². The average Bonchev–Trinajstić information content (AvgIpc) is 2.14. The second kappa shape index (κ2) is 8.10. The lowest BCUT2D eigenvalue weighted by atomic mass is 9.93. The minimum absolute atomic E-state index is 0.0312. The maximum Gasteiger partial charge on any atom is 0.303 e. The SMILES string of the molecule is CC(O)C(CCCCCC(=O)O)CC(=O)O. The van der Waals surface area contributed by atoms with Crippen molar-refractivity contribution in [2.24, 2.45) is 5.92 Å². The van der Waals surface area contributed by atoms with Crippen LogP contribution >= 0.6 is 0 Å². The van der Waals surface area contributed by atoms with Gasteiger partial charge in [-0.15, -0.1) is 0 Å². The van der Waals surface area contributed by atoms with E-state index in [9.17, 15) is 14.7 Å². The standard InChI is InChI=1S/C11H20O5/c1-8(12)9(7-11(15)16)5-3-2-4-6-10(13)14/h8-9,12H,2-7H2,1H3,(H,13,14)(H,15,16). The molecular weight excluding hydrogens is 212 g/mol. The minimum Gasteiger partial charge on any atom is -0.481 e. The summed E-state index contributed by atoms with van der Waals surface area (Å²) >= 11 is 0. The Balaban J connectivity index is 3.68. The summed E-state index contributed by atoms with van der Waals surface area (Å²) in [6, 6.07) is 0. The predicted octanol–water partition coefficient (Wildman–Crippen LogP) is 1.49. The molecular formula is C11H20O5. The number of rotatable bonds is 9. The number of carbonyl (C=O) groups is 2. The van der Waals surface area contributed by atoms with Crippen LogP contribution in [0, 0.1) is 5.92 Å². The first-order valence-electron chi connectivity index (χ1n) is 5.55. The summed E-state index contributed by atoms with van der Waals surface area (Å²) in [4.78, 5) is 20.7. The number of unbranched alkanes of at least 4 members (excludes halogenated alkanes) is 2. The maximum absolute atomic E-state index is 10.5. The summed E-state index contributed by atoms with van der Waals surface area (Å²) in [6.07, 6.45) is 2.24.